The van der Waals surface area contributed by atoms with E-state index in [9.17, 15) is 4.79 Å². The summed E-state index contributed by atoms with van der Waals surface area (Å²) in [7, 11) is 1.76. The lowest BCUT2D eigenvalue weighted by molar-refractivity contribution is -0.120. The second kappa shape index (κ2) is 5.50. The summed E-state index contributed by atoms with van der Waals surface area (Å²) in [6, 6.07) is 1.79. The summed E-state index contributed by atoms with van der Waals surface area (Å²) in [5.74, 6) is 0.154. The molecule has 1 amide bonds. The largest absolute Gasteiger partial charge is 0.357 e. The second-order valence-corrected chi connectivity index (χ2v) is 6.87. The van der Waals surface area contributed by atoms with E-state index in [0.717, 1.165) is 27.7 Å². The third-order valence-electron chi connectivity index (χ3n) is 4.42. The molecule has 0 fully saturated rings. The molecule has 2 aromatic heterocycles. The van der Waals surface area contributed by atoms with Crippen molar-refractivity contribution in [2.24, 2.45) is 7.05 Å². The highest BCUT2D eigenvalue weighted by atomic mass is 35.5. The third-order valence-corrected chi connectivity index (χ3v) is 5.20. The van der Waals surface area contributed by atoms with E-state index in [1.807, 2.05) is 0 Å². The minimum atomic E-state index is -0.00216. The number of rotatable bonds is 1. The van der Waals surface area contributed by atoms with Crippen molar-refractivity contribution >= 4 is 40.0 Å². The van der Waals surface area contributed by atoms with Crippen LogP contribution in [0.3, 0.4) is 0 Å². The molecule has 3 heterocycles. The maximum atomic E-state index is 12.1. The van der Waals surface area contributed by atoms with Crippen molar-refractivity contribution < 1.29 is 4.79 Å². The Hall–Kier alpha value is -2.05. The summed E-state index contributed by atoms with van der Waals surface area (Å²) in [6.45, 7) is 2.65. The zero-order valence-corrected chi connectivity index (χ0v) is 14.7. The van der Waals surface area contributed by atoms with Crippen molar-refractivity contribution in [3.05, 3.63) is 33.6 Å². The number of carbonyl (C=O) groups is 1. The molecule has 124 valence electrons. The van der Waals surface area contributed by atoms with Gasteiger partial charge in [-0.25, -0.2) is 0 Å². The molecular weight excluding hydrogens is 349 g/mol. The van der Waals surface area contributed by atoms with Gasteiger partial charge >= 0.3 is 0 Å². The van der Waals surface area contributed by atoms with E-state index in [0.29, 0.717) is 28.7 Å². The van der Waals surface area contributed by atoms with Crippen LogP contribution in [0.15, 0.2) is 12.3 Å². The lowest BCUT2D eigenvalue weighted by atomic mass is 9.97. The molecule has 6 nitrogen and oxygen atoms in total. The first-order valence-corrected chi connectivity index (χ1v) is 8.37. The van der Waals surface area contributed by atoms with Gasteiger partial charge in [0.2, 0.25) is 5.91 Å². The van der Waals surface area contributed by atoms with Crippen molar-refractivity contribution in [2.45, 2.75) is 19.3 Å². The molecule has 0 saturated carbocycles. The van der Waals surface area contributed by atoms with Crippen molar-refractivity contribution in [1.82, 2.24) is 25.3 Å². The maximum absolute atomic E-state index is 12.1. The molecule has 24 heavy (non-hydrogen) atoms. The Morgan fingerprint density at radius 1 is 1.38 bits per heavy atom. The number of carbonyl (C=O) groups excluding carboxylic acids is 1. The quantitative estimate of drug-likeness (QED) is 0.697. The van der Waals surface area contributed by atoms with Crippen LogP contribution in [0.25, 0.3) is 22.2 Å². The zero-order chi connectivity index (χ0) is 17.0. The first-order valence-electron chi connectivity index (χ1n) is 7.61. The lowest BCUT2D eigenvalue weighted by Gasteiger charge is -2.07. The fourth-order valence-electron chi connectivity index (χ4n) is 3.27. The normalized spacial score (nSPS) is 17.7. The Morgan fingerprint density at radius 2 is 2.17 bits per heavy atom. The molecule has 0 radical (unpaired) electrons. The number of aromatic nitrogens is 4. The Morgan fingerprint density at radius 3 is 2.88 bits per heavy atom. The van der Waals surface area contributed by atoms with Crippen LogP contribution >= 0.6 is 23.2 Å². The van der Waals surface area contributed by atoms with Gasteiger partial charge in [0.1, 0.15) is 5.69 Å². The van der Waals surface area contributed by atoms with Gasteiger partial charge in [-0.05, 0) is 11.6 Å². The number of nitrogens with one attached hydrogen (secondary N) is 2. The van der Waals surface area contributed by atoms with Crippen LogP contribution in [0.1, 0.15) is 24.1 Å². The smallest absolute Gasteiger partial charge is 0.224 e. The van der Waals surface area contributed by atoms with Crippen LogP contribution in [-0.2, 0) is 18.3 Å². The van der Waals surface area contributed by atoms with E-state index < -0.39 is 0 Å². The number of H-pyrrole nitrogens is 1. The average Bonchev–Trinajstić information content (AvgIpc) is 3.10. The SMILES string of the molecule is C[C@H]1CNC(=O)Cc2c1[nH]c1c(Cl)c(Cl)cc(-c3cnn(C)n3)c21. The summed E-state index contributed by atoms with van der Waals surface area (Å²) in [5.41, 5.74) is 4.23. The molecule has 1 atom stereocenters. The topological polar surface area (TPSA) is 75.6 Å². The second-order valence-electron chi connectivity index (χ2n) is 6.09. The molecule has 1 aliphatic heterocycles. The van der Waals surface area contributed by atoms with E-state index in [1.54, 1.807) is 19.3 Å². The predicted octanol–water partition coefficient (Wildman–Crippen LogP) is 3.05. The van der Waals surface area contributed by atoms with Crippen LogP contribution in [0.2, 0.25) is 10.0 Å². The number of amides is 1. The predicted molar refractivity (Wildman–Crippen MR) is 93.4 cm³/mol. The first kappa shape index (κ1) is 15.5. The van der Waals surface area contributed by atoms with Gasteiger partial charge in [-0.3, -0.25) is 4.79 Å². The van der Waals surface area contributed by atoms with Crippen LogP contribution < -0.4 is 5.32 Å². The van der Waals surface area contributed by atoms with E-state index in [-0.39, 0.29) is 11.8 Å². The van der Waals surface area contributed by atoms with Crippen molar-refractivity contribution in [1.29, 1.82) is 0 Å². The molecular formula is C16H15Cl2N5O. The number of aromatic amines is 1. The maximum Gasteiger partial charge on any atom is 0.224 e. The van der Waals surface area contributed by atoms with Gasteiger partial charge < -0.3 is 10.3 Å². The van der Waals surface area contributed by atoms with Gasteiger partial charge in [0.25, 0.3) is 0 Å². The fraction of sp³-hybridized carbons (Fsp3) is 0.312. The Bertz CT molecular complexity index is 975. The number of hydrogen-bond acceptors (Lipinski definition) is 3. The van der Waals surface area contributed by atoms with Gasteiger partial charge in [-0.1, -0.05) is 30.1 Å². The minimum Gasteiger partial charge on any atom is -0.357 e. The Kier molecular flexibility index (Phi) is 3.54. The highest BCUT2D eigenvalue weighted by molar-refractivity contribution is 6.45. The number of nitrogens with zero attached hydrogens (tertiary/aromatic N) is 3. The number of hydrogen-bond donors (Lipinski definition) is 2. The lowest BCUT2D eigenvalue weighted by Crippen LogP contribution is -2.25. The highest BCUT2D eigenvalue weighted by Crippen LogP contribution is 2.42. The van der Waals surface area contributed by atoms with E-state index in [2.05, 4.69) is 27.4 Å². The molecule has 4 rings (SSSR count). The number of halogens is 2. The molecule has 1 aromatic carbocycles. The van der Waals surface area contributed by atoms with Crippen LogP contribution in [0.5, 0.6) is 0 Å². The molecule has 1 aliphatic rings. The van der Waals surface area contributed by atoms with Crippen molar-refractivity contribution in [2.75, 3.05) is 6.54 Å². The van der Waals surface area contributed by atoms with Gasteiger partial charge in [-0.2, -0.15) is 15.0 Å². The molecule has 0 bridgehead atoms. The van der Waals surface area contributed by atoms with Crippen molar-refractivity contribution in [3.8, 4) is 11.3 Å². The van der Waals surface area contributed by atoms with Gasteiger partial charge in [0, 0.05) is 36.2 Å². The fourth-order valence-corrected chi connectivity index (χ4v) is 3.67. The number of benzene rings is 1. The summed E-state index contributed by atoms with van der Waals surface area (Å²) in [4.78, 5) is 17.0. The summed E-state index contributed by atoms with van der Waals surface area (Å²) in [5, 5.41) is 13.2. The number of fused-ring (bicyclic) bond motifs is 3. The molecule has 0 saturated heterocycles. The van der Waals surface area contributed by atoms with E-state index in [1.165, 1.54) is 4.80 Å². The Labute approximate surface area is 148 Å². The standard InChI is InChI=1S/C16H15Cl2N5O/c1-7-5-19-12(24)4-9-13-8(11-6-20-23(2)22-11)3-10(17)14(18)16(13)21-15(7)9/h3,6-7,21H,4-5H2,1-2H3,(H,19,24)/t7-/m0/s1. The van der Waals surface area contributed by atoms with E-state index >= 15 is 0 Å². The minimum absolute atomic E-state index is 0.00216. The summed E-state index contributed by atoms with van der Waals surface area (Å²) < 4.78 is 0. The summed E-state index contributed by atoms with van der Waals surface area (Å²) >= 11 is 12.8. The van der Waals surface area contributed by atoms with E-state index in [4.69, 9.17) is 23.2 Å². The molecule has 3 aromatic rings. The summed E-state index contributed by atoms with van der Waals surface area (Å²) in [6.07, 6.45) is 1.98. The molecule has 0 aliphatic carbocycles. The molecule has 0 spiro atoms. The third kappa shape index (κ3) is 2.29. The molecule has 8 heteroatoms. The average molecular weight is 364 g/mol. The molecule has 0 unspecified atom stereocenters. The van der Waals surface area contributed by atoms with Gasteiger partial charge in [-0.15, -0.1) is 0 Å². The van der Waals surface area contributed by atoms with Crippen LogP contribution in [0, 0.1) is 0 Å². The van der Waals surface area contributed by atoms with Gasteiger partial charge in [0.15, 0.2) is 0 Å². The Balaban J connectivity index is 2.10. The van der Waals surface area contributed by atoms with Crippen LogP contribution in [0.4, 0.5) is 0 Å². The zero-order valence-electron chi connectivity index (χ0n) is 13.2. The molecule has 2 N–H and O–H groups in total. The monoisotopic (exact) mass is 363 g/mol. The first-order chi connectivity index (χ1) is 11.5. The van der Waals surface area contributed by atoms with Crippen LogP contribution in [-0.4, -0.2) is 32.4 Å². The number of aryl methyl sites for hydroxylation is 1. The van der Waals surface area contributed by atoms with Crippen molar-refractivity contribution in [3.63, 3.8) is 0 Å². The highest BCUT2D eigenvalue weighted by Gasteiger charge is 2.27. The van der Waals surface area contributed by atoms with Gasteiger partial charge in [0.05, 0.1) is 28.2 Å².